The molecule has 1 aromatic carbocycles. The van der Waals surface area contributed by atoms with Gasteiger partial charge in [-0.25, -0.2) is 4.79 Å². The second-order valence-electron chi connectivity index (χ2n) is 4.78. The van der Waals surface area contributed by atoms with Crippen LogP contribution in [0.3, 0.4) is 0 Å². The highest BCUT2D eigenvalue weighted by Crippen LogP contribution is 2.40. The van der Waals surface area contributed by atoms with E-state index in [9.17, 15) is 9.59 Å². The fraction of sp³-hybridized carbons (Fsp3) is 0.467. The Bertz CT molecular complexity index is 564. The second-order valence-corrected chi connectivity index (χ2v) is 5.84. The average Bonchev–Trinajstić information content (AvgIpc) is 2.52. The lowest BCUT2D eigenvalue weighted by Gasteiger charge is -2.33. The number of fused-ring (bicyclic) bond motifs is 1. The molecule has 0 fully saturated rings. The Labute approximate surface area is 134 Å². The highest BCUT2D eigenvalue weighted by atomic mass is 32.2. The standard InChI is InChI=1S/C15H20N2O4S/c1-4-21-14(18)6-5-9-17-15(19)16(2)12-10-11(20-3)7-8-13(12)22-17/h7-8,10H,4-6,9H2,1-3H3. The molecular formula is C15H20N2O4S. The third-order valence-corrected chi connectivity index (χ3v) is 4.38. The predicted molar refractivity (Wildman–Crippen MR) is 85.2 cm³/mol. The van der Waals surface area contributed by atoms with Gasteiger partial charge in [0.15, 0.2) is 0 Å². The molecule has 1 aromatic rings. The zero-order valence-corrected chi connectivity index (χ0v) is 13.8. The smallest absolute Gasteiger partial charge is 0.334 e. The van der Waals surface area contributed by atoms with Crippen molar-refractivity contribution in [2.24, 2.45) is 0 Å². The van der Waals surface area contributed by atoms with E-state index in [1.807, 2.05) is 18.2 Å². The summed E-state index contributed by atoms with van der Waals surface area (Å²) in [5, 5.41) is 0. The van der Waals surface area contributed by atoms with Gasteiger partial charge in [0.1, 0.15) is 5.75 Å². The number of nitrogens with zero attached hydrogens (tertiary/aromatic N) is 2. The number of benzene rings is 1. The lowest BCUT2D eigenvalue weighted by Crippen LogP contribution is -2.41. The monoisotopic (exact) mass is 324 g/mol. The largest absolute Gasteiger partial charge is 0.497 e. The molecule has 0 aliphatic carbocycles. The molecule has 7 heteroatoms. The summed E-state index contributed by atoms with van der Waals surface area (Å²) in [6.07, 6.45) is 0.897. The fourth-order valence-electron chi connectivity index (χ4n) is 2.13. The van der Waals surface area contributed by atoms with Gasteiger partial charge in [-0.1, -0.05) is 0 Å². The zero-order chi connectivity index (χ0) is 16.1. The van der Waals surface area contributed by atoms with Crippen LogP contribution in [0, 0.1) is 0 Å². The Morgan fingerprint density at radius 2 is 2.14 bits per heavy atom. The number of carbonyl (C=O) groups excluding carboxylic acids is 2. The van der Waals surface area contributed by atoms with E-state index in [2.05, 4.69) is 0 Å². The van der Waals surface area contributed by atoms with E-state index in [-0.39, 0.29) is 12.0 Å². The molecule has 0 bridgehead atoms. The molecule has 1 aliphatic rings. The van der Waals surface area contributed by atoms with Crippen LogP contribution in [0.5, 0.6) is 5.75 Å². The normalized spacial score (nSPS) is 13.9. The Balaban J connectivity index is 2.00. The van der Waals surface area contributed by atoms with Crippen LogP contribution in [0.25, 0.3) is 0 Å². The number of esters is 1. The highest BCUT2D eigenvalue weighted by Gasteiger charge is 2.29. The molecule has 6 nitrogen and oxygen atoms in total. The van der Waals surface area contributed by atoms with Crippen molar-refractivity contribution < 1.29 is 19.1 Å². The molecule has 0 N–H and O–H groups in total. The number of rotatable bonds is 6. The first-order valence-corrected chi connectivity index (χ1v) is 7.91. The van der Waals surface area contributed by atoms with Crippen LogP contribution >= 0.6 is 11.9 Å². The van der Waals surface area contributed by atoms with Crippen LogP contribution in [0.15, 0.2) is 23.1 Å². The lowest BCUT2D eigenvalue weighted by molar-refractivity contribution is -0.143. The first-order valence-electron chi connectivity index (χ1n) is 7.13. The van der Waals surface area contributed by atoms with Gasteiger partial charge in [-0.05, 0) is 37.4 Å². The third-order valence-electron chi connectivity index (χ3n) is 3.28. The summed E-state index contributed by atoms with van der Waals surface area (Å²) < 4.78 is 11.7. The third kappa shape index (κ3) is 3.65. The minimum absolute atomic E-state index is 0.102. The molecule has 2 rings (SSSR count). The predicted octanol–water partition coefficient (Wildman–Crippen LogP) is 2.92. The molecule has 2 amide bonds. The molecule has 0 saturated heterocycles. The summed E-state index contributed by atoms with van der Waals surface area (Å²) in [7, 11) is 3.33. The summed E-state index contributed by atoms with van der Waals surface area (Å²) in [6, 6.07) is 5.54. The molecule has 0 spiro atoms. The Kier molecular flexibility index (Phi) is 5.54. The number of carbonyl (C=O) groups is 2. The fourth-order valence-corrected chi connectivity index (χ4v) is 3.21. The van der Waals surface area contributed by atoms with Crippen molar-refractivity contribution in [2.45, 2.75) is 24.7 Å². The van der Waals surface area contributed by atoms with Gasteiger partial charge in [-0.2, -0.15) is 0 Å². The van der Waals surface area contributed by atoms with E-state index in [0.29, 0.717) is 26.0 Å². The van der Waals surface area contributed by atoms with Crippen molar-refractivity contribution >= 4 is 29.6 Å². The van der Waals surface area contributed by atoms with Crippen molar-refractivity contribution in [3.8, 4) is 5.75 Å². The number of amides is 2. The van der Waals surface area contributed by atoms with Gasteiger partial charge >= 0.3 is 12.0 Å². The minimum atomic E-state index is -0.226. The Morgan fingerprint density at radius 1 is 1.36 bits per heavy atom. The van der Waals surface area contributed by atoms with Crippen molar-refractivity contribution in [3.05, 3.63) is 18.2 Å². The van der Waals surface area contributed by atoms with E-state index in [4.69, 9.17) is 9.47 Å². The molecule has 1 heterocycles. The van der Waals surface area contributed by atoms with E-state index < -0.39 is 0 Å². The van der Waals surface area contributed by atoms with Gasteiger partial charge in [0.05, 0.1) is 24.3 Å². The SMILES string of the molecule is CCOC(=O)CCCN1Sc2ccc(OC)cc2N(C)C1=O. The minimum Gasteiger partial charge on any atom is -0.497 e. The first-order chi connectivity index (χ1) is 10.6. The maximum Gasteiger partial charge on any atom is 0.334 e. The zero-order valence-electron chi connectivity index (χ0n) is 13.0. The summed E-state index contributed by atoms with van der Waals surface area (Å²) in [4.78, 5) is 26.3. The van der Waals surface area contributed by atoms with Crippen LogP contribution in [0.4, 0.5) is 10.5 Å². The molecule has 0 saturated carbocycles. The molecule has 0 atom stereocenters. The van der Waals surface area contributed by atoms with Crippen molar-refractivity contribution in [3.63, 3.8) is 0 Å². The van der Waals surface area contributed by atoms with Crippen LogP contribution < -0.4 is 9.64 Å². The maximum absolute atomic E-state index is 12.4. The molecule has 0 radical (unpaired) electrons. The Morgan fingerprint density at radius 3 is 2.82 bits per heavy atom. The van der Waals surface area contributed by atoms with Gasteiger partial charge in [0.2, 0.25) is 0 Å². The van der Waals surface area contributed by atoms with Crippen LogP contribution in [-0.2, 0) is 9.53 Å². The summed E-state index contributed by atoms with van der Waals surface area (Å²) in [5.74, 6) is 0.491. The van der Waals surface area contributed by atoms with Gasteiger partial charge in [-0.3, -0.25) is 14.0 Å². The van der Waals surface area contributed by atoms with Crippen molar-refractivity contribution in [1.82, 2.24) is 4.31 Å². The number of hydrogen-bond donors (Lipinski definition) is 0. The summed E-state index contributed by atoms with van der Waals surface area (Å²) >= 11 is 1.39. The van der Waals surface area contributed by atoms with E-state index in [1.54, 1.807) is 30.3 Å². The molecule has 0 aromatic heterocycles. The van der Waals surface area contributed by atoms with E-state index in [0.717, 1.165) is 16.3 Å². The van der Waals surface area contributed by atoms with E-state index in [1.165, 1.54) is 11.9 Å². The van der Waals surface area contributed by atoms with Crippen LogP contribution in [-0.4, -0.2) is 43.6 Å². The highest BCUT2D eigenvalue weighted by molar-refractivity contribution is 7.97. The topological polar surface area (TPSA) is 59.1 Å². The average molecular weight is 324 g/mol. The van der Waals surface area contributed by atoms with Gasteiger partial charge in [0.25, 0.3) is 0 Å². The number of urea groups is 1. The van der Waals surface area contributed by atoms with Crippen LogP contribution in [0.1, 0.15) is 19.8 Å². The second kappa shape index (κ2) is 7.40. The van der Waals surface area contributed by atoms with Crippen molar-refractivity contribution in [2.75, 3.05) is 32.2 Å². The number of methoxy groups -OCH3 is 1. The number of ether oxygens (including phenoxy) is 2. The van der Waals surface area contributed by atoms with Crippen LogP contribution in [0.2, 0.25) is 0 Å². The van der Waals surface area contributed by atoms with Gasteiger partial charge in [-0.15, -0.1) is 0 Å². The number of anilines is 1. The lowest BCUT2D eigenvalue weighted by atomic mass is 10.2. The Hall–Kier alpha value is -1.89. The molecular weight excluding hydrogens is 304 g/mol. The molecule has 0 unspecified atom stereocenters. The molecule has 120 valence electrons. The molecule has 1 aliphatic heterocycles. The maximum atomic E-state index is 12.4. The number of hydrogen-bond acceptors (Lipinski definition) is 5. The summed E-state index contributed by atoms with van der Waals surface area (Å²) in [6.45, 7) is 2.66. The van der Waals surface area contributed by atoms with Gasteiger partial charge < -0.3 is 9.47 Å². The summed E-state index contributed by atoms with van der Waals surface area (Å²) in [5.41, 5.74) is 0.830. The quantitative estimate of drug-likeness (QED) is 0.595. The van der Waals surface area contributed by atoms with Gasteiger partial charge in [0, 0.05) is 26.1 Å². The first kappa shape index (κ1) is 16.5. The van der Waals surface area contributed by atoms with Crippen molar-refractivity contribution in [1.29, 1.82) is 0 Å². The molecule has 22 heavy (non-hydrogen) atoms. The van der Waals surface area contributed by atoms with E-state index >= 15 is 0 Å².